The summed E-state index contributed by atoms with van der Waals surface area (Å²) in [6.45, 7) is 5.97. The standard InChI is InChI=1S/C19H20FN4OS.Mo/c1-18(2)11-19(3,24-17(21)26-18)13-10-12(7-8-14(13)20)23-16(25)15-6-4-5-9-22-15;/h4,6-10H,11H2,1-3H3,(H2,21,24)(H,23,25);/q-1;/t19-;/m0./s1. The Hall–Kier alpha value is -1.72. The van der Waals surface area contributed by atoms with Crippen molar-refractivity contribution in [1.82, 2.24) is 4.98 Å². The summed E-state index contributed by atoms with van der Waals surface area (Å²) in [6.07, 6.45) is 2.04. The van der Waals surface area contributed by atoms with Gasteiger partial charge in [-0.25, -0.2) is 16.5 Å². The number of carbonyl (C=O) groups excluding carboxylic acids is 1. The van der Waals surface area contributed by atoms with Gasteiger partial charge in [0.15, 0.2) is 5.17 Å². The normalized spacial score (nSPS) is 21.0. The molecule has 3 rings (SSSR count). The van der Waals surface area contributed by atoms with Crippen molar-refractivity contribution in [3.05, 3.63) is 59.7 Å². The quantitative estimate of drug-likeness (QED) is 0.533. The number of nitrogens with one attached hydrogen (secondary N) is 1. The second-order valence-corrected chi connectivity index (χ2v) is 8.78. The fraction of sp³-hybridized carbons (Fsp3) is 0.316. The molecule has 0 bridgehead atoms. The number of nitrogens with zero attached hydrogens (tertiary/aromatic N) is 2. The van der Waals surface area contributed by atoms with E-state index in [0.29, 0.717) is 22.8 Å². The zero-order valence-electron chi connectivity index (χ0n) is 15.2. The topological polar surface area (TPSA) is 80.4 Å². The Balaban J connectivity index is 0.00000261. The van der Waals surface area contributed by atoms with Crippen molar-refractivity contribution in [3.63, 3.8) is 0 Å². The third-order valence-electron chi connectivity index (χ3n) is 4.16. The molecule has 27 heavy (non-hydrogen) atoms. The molecule has 1 aromatic heterocycles. The van der Waals surface area contributed by atoms with E-state index in [9.17, 15) is 9.18 Å². The van der Waals surface area contributed by atoms with Crippen LogP contribution in [0.2, 0.25) is 0 Å². The van der Waals surface area contributed by atoms with Crippen molar-refractivity contribution in [3.8, 4) is 0 Å². The van der Waals surface area contributed by atoms with Crippen molar-refractivity contribution in [2.75, 3.05) is 5.32 Å². The van der Waals surface area contributed by atoms with Gasteiger partial charge in [-0.1, -0.05) is 31.8 Å². The van der Waals surface area contributed by atoms with Gasteiger partial charge >= 0.3 is 0 Å². The van der Waals surface area contributed by atoms with Crippen molar-refractivity contribution in [2.45, 2.75) is 37.5 Å². The van der Waals surface area contributed by atoms with Gasteiger partial charge in [0.1, 0.15) is 5.82 Å². The predicted octanol–water partition coefficient (Wildman–Crippen LogP) is 3.72. The number of aliphatic imine (C=N–C) groups is 1. The number of halogens is 1. The summed E-state index contributed by atoms with van der Waals surface area (Å²) in [7, 11) is 0. The Morgan fingerprint density at radius 2 is 2.07 bits per heavy atom. The average Bonchev–Trinajstić information content (AvgIpc) is 2.55. The summed E-state index contributed by atoms with van der Waals surface area (Å²) < 4.78 is 14.4. The number of anilines is 1. The van der Waals surface area contributed by atoms with E-state index in [2.05, 4.69) is 35.2 Å². The fourth-order valence-electron chi connectivity index (χ4n) is 3.27. The van der Waals surface area contributed by atoms with E-state index in [-0.39, 0.29) is 43.2 Å². The van der Waals surface area contributed by atoms with Gasteiger partial charge in [0.05, 0.1) is 5.54 Å². The SMILES string of the molecule is CC1(C)C[C@@](C)(c2cc(NC(=O)c3cc[c-]cn3)ccc2F)N=C(N)S1.[Mo]. The minimum absolute atomic E-state index is 0. The molecule has 1 aromatic carbocycles. The van der Waals surface area contributed by atoms with E-state index in [0.717, 1.165) is 0 Å². The molecule has 8 heteroatoms. The first-order valence-electron chi connectivity index (χ1n) is 8.16. The van der Waals surface area contributed by atoms with Crippen LogP contribution in [0.15, 0.2) is 41.5 Å². The molecule has 2 heterocycles. The molecule has 1 atom stereocenters. The maximum Gasteiger partial charge on any atom is 0.255 e. The Morgan fingerprint density at radius 3 is 2.70 bits per heavy atom. The number of carbonyl (C=O) groups is 1. The molecule has 0 saturated carbocycles. The molecule has 1 amide bonds. The van der Waals surface area contributed by atoms with Crippen LogP contribution >= 0.6 is 11.8 Å². The molecule has 0 fully saturated rings. The maximum atomic E-state index is 14.6. The summed E-state index contributed by atoms with van der Waals surface area (Å²) >= 11 is 1.48. The van der Waals surface area contributed by atoms with Crippen LogP contribution in [0.4, 0.5) is 10.1 Å². The van der Waals surface area contributed by atoms with Crippen LogP contribution in [-0.2, 0) is 26.6 Å². The predicted molar refractivity (Wildman–Crippen MR) is 103 cm³/mol. The Bertz CT molecular complexity index is 875. The number of thioether (sulfide) groups is 1. The van der Waals surface area contributed by atoms with Gasteiger partial charge in [0, 0.05) is 42.8 Å². The Kier molecular flexibility index (Phi) is 6.48. The molecular weight excluding hydrogens is 447 g/mol. The van der Waals surface area contributed by atoms with Gasteiger partial charge in [-0.2, -0.15) is 6.07 Å². The van der Waals surface area contributed by atoms with Crippen molar-refractivity contribution >= 4 is 28.5 Å². The third kappa shape index (κ3) is 4.96. The van der Waals surface area contributed by atoms with Crippen molar-refractivity contribution in [2.24, 2.45) is 10.7 Å². The van der Waals surface area contributed by atoms with Crippen LogP contribution in [0, 0.1) is 11.9 Å². The van der Waals surface area contributed by atoms with Crippen LogP contribution in [0.25, 0.3) is 0 Å². The molecule has 1 aliphatic heterocycles. The molecular formula is C19H20FMoN4OS-. The maximum absolute atomic E-state index is 14.6. The summed E-state index contributed by atoms with van der Waals surface area (Å²) in [5, 5.41) is 3.18. The number of benzene rings is 1. The number of amidine groups is 1. The van der Waals surface area contributed by atoms with E-state index >= 15 is 0 Å². The number of nitrogens with two attached hydrogens (primary N) is 1. The van der Waals surface area contributed by atoms with Gasteiger partial charge < -0.3 is 11.1 Å². The molecule has 2 aromatic rings. The van der Waals surface area contributed by atoms with Gasteiger partial charge in [-0.3, -0.25) is 14.8 Å². The molecule has 3 N–H and O–H groups in total. The first-order valence-corrected chi connectivity index (χ1v) is 8.98. The molecule has 0 spiro atoms. The number of aromatic nitrogens is 1. The monoisotopic (exact) mass is 469 g/mol. The van der Waals surface area contributed by atoms with E-state index in [1.807, 2.05) is 6.92 Å². The van der Waals surface area contributed by atoms with E-state index < -0.39 is 5.54 Å². The smallest absolute Gasteiger partial charge is 0.255 e. The molecule has 0 unspecified atom stereocenters. The Morgan fingerprint density at radius 1 is 1.33 bits per heavy atom. The Labute approximate surface area is 176 Å². The molecule has 0 aliphatic carbocycles. The van der Waals surface area contributed by atoms with Gasteiger partial charge in [-0.05, 0) is 31.5 Å². The third-order valence-corrected chi connectivity index (χ3v) is 5.16. The minimum atomic E-state index is -0.802. The van der Waals surface area contributed by atoms with Crippen LogP contribution < -0.4 is 11.1 Å². The molecule has 0 radical (unpaired) electrons. The molecule has 0 saturated heterocycles. The molecule has 142 valence electrons. The zero-order chi connectivity index (χ0) is 18.9. The number of pyridine rings is 1. The largest absolute Gasteiger partial charge is 0.378 e. The van der Waals surface area contributed by atoms with Crippen molar-refractivity contribution in [1.29, 1.82) is 0 Å². The summed E-state index contributed by atoms with van der Waals surface area (Å²) in [6, 6.07) is 10.4. The van der Waals surface area contributed by atoms with Crippen LogP contribution in [0.5, 0.6) is 0 Å². The second kappa shape index (κ2) is 8.11. The number of amides is 1. The minimum Gasteiger partial charge on any atom is -0.378 e. The molecule has 5 nitrogen and oxygen atoms in total. The summed E-state index contributed by atoms with van der Waals surface area (Å²) in [4.78, 5) is 20.8. The van der Waals surface area contributed by atoms with Crippen LogP contribution in [0.3, 0.4) is 0 Å². The fourth-order valence-corrected chi connectivity index (χ4v) is 4.44. The van der Waals surface area contributed by atoms with Crippen molar-refractivity contribution < 1.29 is 30.3 Å². The number of hydrogen-bond acceptors (Lipinski definition) is 5. The van der Waals surface area contributed by atoms with E-state index in [1.165, 1.54) is 30.1 Å². The second-order valence-electron chi connectivity index (χ2n) is 7.05. The average molecular weight is 467 g/mol. The van der Waals surface area contributed by atoms with E-state index in [4.69, 9.17) is 5.73 Å². The number of hydrogen-bond donors (Lipinski definition) is 2. The first kappa shape index (κ1) is 21.6. The van der Waals surface area contributed by atoms with Crippen LogP contribution in [-0.4, -0.2) is 20.8 Å². The zero-order valence-corrected chi connectivity index (χ0v) is 18.1. The van der Waals surface area contributed by atoms with Gasteiger partial charge in [0.25, 0.3) is 5.91 Å². The number of rotatable bonds is 3. The van der Waals surface area contributed by atoms with Gasteiger partial charge in [0.2, 0.25) is 0 Å². The van der Waals surface area contributed by atoms with E-state index in [1.54, 1.807) is 18.2 Å². The summed E-state index contributed by atoms with van der Waals surface area (Å²) in [5.74, 6) is -0.749. The summed E-state index contributed by atoms with van der Waals surface area (Å²) in [5.41, 5.74) is 6.32. The van der Waals surface area contributed by atoms with Gasteiger partial charge in [-0.15, -0.1) is 0 Å². The first-order chi connectivity index (χ1) is 12.2. The molecule has 1 aliphatic rings. The van der Waals surface area contributed by atoms with Crippen LogP contribution in [0.1, 0.15) is 43.2 Å².